The SMILES string of the molecule is COc1ccccc1Cc1cnc([C@H]2CCCN(C(=O)c3cc(-c4ccccc4F)n[nH]3)C2)o1. The van der Waals surface area contributed by atoms with Gasteiger partial charge in [-0.05, 0) is 37.1 Å². The lowest BCUT2D eigenvalue weighted by atomic mass is 9.97. The number of carbonyl (C=O) groups is 1. The number of hydrogen-bond acceptors (Lipinski definition) is 5. The first-order valence-electron chi connectivity index (χ1n) is 11.3. The molecule has 0 spiro atoms. The molecule has 174 valence electrons. The summed E-state index contributed by atoms with van der Waals surface area (Å²) in [6.45, 7) is 1.14. The Kier molecular flexibility index (Phi) is 6.12. The van der Waals surface area contributed by atoms with Gasteiger partial charge in [0.1, 0.15) is 23.0 Å². The van der Waals surface area contributed by atoms with Crippen LogP contribution in [0.1, 0.15) is 46.5 Å². The quantitative estimate of drug-likeness (QED) is 0.446. The molecule has 5 rings (SSSR count). The maximum atomic E-state index is 14.1. The second-order valence-electron chi connectivity index (χ2n) is 8.39. The smallest absolute Gasteiger partial charge is 0.271 e. The Hall–Kier alpha value is -3.94. The van der Waals surface area contributed by atoms with E-state index in [0.29, 0.717) is 42.4 Å². The number of amides is 1. The maximum Gasteiger partial charge on any atom is 0.271 e. The van der Waals surface area contributed by atoms with Crippen LogP contribution >= 0.6 is 0 Å². The molecule has 7 nitrogen and oxygen atoms in total. The molecule has 0 unspecified atom stereocenters. The number of H-pyrrole nitrogens is 1. The molecule has 1 aliphatic rings. The first-order chi connectivity index (χ1) is 16.6. The van der Waals surface area contributed by atoms with Crippen molar-refractivity contribution in [1.29, 1.82) is 0 Å². The normalized spacial score (nSPS) is 15.9. The summed E-state index contributed by atoms with van der Waals surface area (Å²) in [4.78, 5) is 19.4. The fourth-order valence-electron chi connectivity index (χ4n) is 4.40. The van der Waals surface area contributed by atoms with Crippen LogP contribution in [0.15, 0.2) is 65.2 Å². The number of aromatic nitrogens is 3. The van der Waals surface area contributed by atoms with Crippen LogP contribution < -0.4 is 4.74 Å². The summed E-state index contributed by atoms with van der Waals surface area (Å²) in [5.74, 6) is 1.67. The number of rotatable bonds is 6. The Morgan fingerprint density at radius 2 is 2.06 bits per heavy atom. The number of likely N-dealkylation sites (tertiary alicyclic amines) is 1. The van der Waals surface area contributed by atoms with Crippen molar-refractivity contribution in [2.75, 3.05) is 20.2 Å². The summed E-state index contributed by atoms with van der Waals surface area (Å²) in [5, 5.41) is 6.91. The van der Waals surface area contributed by atoms with E-state index in [-0.39, 0.29) is 17.6 Å². The van der Waals surface area contributed by atoms with Crippen LogP contribution in [-0.4, -0.2) is 46.2 Å². The van der Waals surface area contributed by atoms with Crippen LogP contribution in [0.2, 0.25) is 0 Å². The van der Waals surface area contributed by atoms with Crippen LogP contribution in [-0.2, 0) is 6.42 Å². The first-order valence-corrected chi connectivity index (χ1v) is 11.3. The molecule has 0 saturated carbocycles. The number of nitrogens with one attached hydrogen (secondary N) is 1. The van der Waals surface area contributed by atoms with Crippen LogP contribution in [0.3, 0.4) is 0 Å². The van der Waals surface area contributed by atoms with Crippen molar-refractivity contribution in [2.45, 2.75) is 25.2 Å². The van der Waals surface area contributed by atoms with E-state index in [0.717, 1.165) is 29.9 Å². The number of halogens is 1. The molecule has 2 aromatic heterocycles. The van der Waals surface area contributed by atoms with Crippen LogP contribution in [0, 0.1) is 5.82 Å². The molecule has 1 N–H and O–H groups in total. The van der Waals surface area contributed by atoms with Crippen molar-refractivity contribution in [3.63, 3.8) is 0 Å². The molecular weight excluding hydrogens is 435 g/mol. The fraction of sp³-hybridized carbons (Fsp3) is 0.269. The molecule has 34 heavy (non-hydrogen) atoms. The van der Waals surface area contributed by atoms with E-state index < -0.39 is 0 Å². The van der Waals surface area contributed by atoms with E-state index in [1.165, 1.54) is 6.07 Å². The van der Waals surface area contributed by atoms with Gasteiger partial charge in [-0.15, -0.1) is 0 Å². The summed E-state index contributed by atoms with van der Waals surface area (Å²) in [7, 11) is 1.65. The summed E-state index contributed by atoms with van der Waals surface area (Å²) >= 11 is 0. The lowest BCUT2D eigenvalue weighted by Gasteiger charge is -2.30. The van der Waals surface area contributed by atoms with Crippen molar-refractivity contribution < 1.29 is 18.3 Å². The second-order valence-corrected chi connectivity index (χ2v) is 8.39. The monoisotopic (exact) mass is 460 g/mol. The largest absolute Gasteiger partial charge is 0.496 e. The summed E-state index contributed by atoms with van der Waals surface area (Å²) in [6, 6.07) is 15.8. The van der Waals surface area contributed by atoms with Gasteiger partial charge in [0.2, 0.25) is 0 Å². The van der Waals surface area contributed by atoms with E-state index >= 15 is 0 Å². The molecule has 0 aliphatic carbocycles. The molecule has 1 fully saturated rings. The zero-order valence-electron chi connectivity index (χ0n) is 18.8. The number of piperidine rings is 1. The molecule has 1 saturated heterocycles. The minimum absolute atomic E-state index is 0.0121. The van der Waals surface area contributed by atoms with E-state index in [2.05, 4.69) is 15.2 Å². The Morgan fingerprint density at radius 1 is 1.24 bits per heavy atom. The average molecular weight is 461 g/mol. The van der Waals surface area contributed by atoms with Gasteiger partial charge < -0.3 is 14.1 Å². The van der Waals surface area contributed by atoms with Crippen LogP contribution in [0.5, 0.6) is 5.75 Å². The molecule has 0 bridgehead atoms. The maximum absolute atomic E-state index is 14.1. The van der Waals surface area contributed by atoms with Crippen LogP contribution in [0.4, 0.5) is 4.39 Å². The number of benzene rings is 2. The second kappa shape index (κ2) is 9.51. The highest BCUT2D eigenvalue weighted by atomic mass is 19.1. The van der Waals surface area contributed by atoms with Gasteiger partial charge in [0.15, 0.2) is 5.89 Å². The molecule has 8 heteroatoms. The molecule has 2 aromatic carbocycles. The van der Waals surface area contributed by atoms with Gasteiger partial charge >= 0.3 is 0 Å². The van der Waals surface area contributed by atoms with Gasteiger partial charge in [0.05, 0.1) is 24.9 Å². The van der Waals surface area contributed by atoms with Crippen LogP contribution in [0.25, 0.3) is 11.3 Å². The molecule has 0 radical (unpaired) electrons. The standard InChI is InChI=1S/C26H25FN4O3/c1-33-24-11-5-2-7-17(24)13-19-15-28-25(34-19)18-8-6-12-31(16-18)26(32)23-14-22(29-30-23)20-9-3-4-10-21(20)27/h2-5,7,9-11,14-15,18H,6,8,12-13,16H2,1H3,(H,29,30)/t18-/m0/s1. The predicted octanol–water partition coefficient (Wildman–Crippen LogP) is 4.82. The molecule has 1 amide bonds. The van der Waals surface area contributed by atoms with Crippen molar-refractivity contribution in [3.05, 3.63) is 89.5 Å². The Labute approximate surface area is 196 Å². The van der Waals surface area contributed by atoms with E-state index in [9.17, 15) is 9.18 Å². The third kappa shape index (κ3) is 4.44. The fourth-order valence-corrected chi connectivity index (χ4v) is 4.40. The van der Waals surface area contributed by atoms with Crippen molar-refractivity contribution in [1.82, 2.24) is 20.1 Å². The number of para-hydroxylation sites is 1. The lowest BCUT2D eigenvalue weighted by Crippen LogP contribution is -2.39. The third-order valence-electron chi connectivity index (χ3n) is 6.14. The van der Waals surface area contributed by atoms with E-state index in [1.807, 2.05) is 24.3 Å². The van der Waals surface area contributed by atoms with Crippen molar-refractivity contribution >= 4 is 5.91 Å². The topological polar surface area (TPSA) is 84.2 Å². The summed E-state index contributed by atoms with van der Waals surface area (Å²) in [5.41, 5.74) is 2.13. The number of oxazole rings is 1. The van der Waals surface area contributed by atoms with Crippen molar-refractivity contribution in [3.8, 4) is 17.0 Å². The molecule has 1 aliphatic heterocycles. The number of hydrogen-bond donors (Lipinski definition) is 1. The molecule has 1 atom stereocenters. The highest BCUT2D eigenvalue weighted by Crippen LogP contribution is 2.29. The van der Waals surface area contributed by atoms with Gasteiger partial charge in [-0.2, -0.15) is 5.10 Å². The third-order valence-corrected chi connectivity index (χ3v) is 6.14. The number of ether oxygens (including phenoxy) is 1. The minimum Gasteiger partial charge on any atom is -0.496 e. The Bertz CT molecular complexity index is 1300. The first kappa shape index (κ1) is 21.9. The molecular formula is C26H25FN4O3. The van der Waals surface area contributed by atoms with Gasteiger partial charge in [0.25, 0.3) is 5.91 Å². The lowest BCUT2D eigenvalue weighted by molar-refractivity contribution is 0.0692. The highest BCUT2D eigenvalue weighted by molar-refractivity contribution is 5.93. The van der Waals surface area contributed by atoms with Gasteiger partial charge in [-0.25, -0.2) is 9.37 Å². The summed E-state index contributed by atoms with van der Waals surface area (Å²) < 4.78 is 25.6. The van der Waals surface area contributed by atoms with Crippen molar-refractivity contribution in [2.24, 2.45) is 0 Å². The van der Waals surface area contributed by atoms with E-state index in [1.54, 1.807) is 42.5 Å². The Balaban J connectivity index is 1.27. The summed E-state index contributed by atoms with van der Waals surface area (Å²) in [6.07, 6.45) is 4.06. The zero-order valence-corrected chi connectivity index (χ0v) is 18.8. The minimum atomic E-state index is -0.376. The number of carbonyl (C=O) groups excluding carboxylic acids is 1. The predicted molar refractivity (Wildman–Crippen MR) is 124 cm³/mol. The highest BCUT2D eigenvalue weighted by Gasteiger charge is 2.29. The van der Waals surface area contributed by atoms with Gasteiger partial charge in [-0.3, -0.25) is 9.89 Å². The van der Waals surface area contributed by atoms with Gasteiger partial charge in [0, 0.05) is 30.6 Å². The Morgan fingerprint density at radius 3 is 2.91 bits per heavy atom. The molecule has 4 aromatic rings. The molecule has 3 heterocycles. The number of nitrogens with zero attached hydrogens (tertiary/aromatic N) is 3. The van der Waals surface area contributed by atoms with Gasteiger partial charge in [-0.1, -0.05) is 30.3 Å². The van der Waals surface area contributed by atoms with E-state index in [4.69, 9.17) is 9.15 Å². The number of aromatic amines is 1. The zero-order chi connectivity index (χ0) is 23.5. The number of methoxy groups -OCH3 is 1. The average Bonchev–Trinajstić information content (AvgIpc) is 3.55.